The molecule has 8 nitrogen and oxygen atoms in total. The van der Waals surface area contributed by atoms with Crippen molar-refractivity contribution in [3.05, 3.63) is 65.5 Å². The lowest BCUT2D eigenvalue weighted by Gasteiger charge is -2.19. The number of para-hydroxylation sites is 2. The highest BCUT2D eigenvalue weighted by Gasteiger charge is 2.31. The Labute approximate surface area is 192 Å². The van der Waals surface area contributed by atoms with Crippen LogP contribution in [-0.4, -0.2) is 44.8 Å². The highest BCUT2D eigenvalue weighted by Crippen LogP contribution is 2.40. The first kappa shape index (κ1) is 23.5. The molecule has 3 rings (SSSR count). The molecule has 170 valence electrons. The molecule has 2 aromatic carbocycles. The third-order valence-corrected chi connectivity index (χ3v) is 5.26. The van der Waals surface area contributed by atoms with E-state index in [2.05, 4.69) is 0 Å². The third-order valence-electron chi connectivity index (χ3n) is 5.26. The number of Topliss-reactive ketones (excluding diaryl/α,β-unsaturated/α-hetero) is 2. The number of hydrogen-bond donors (Lipinski definition) is 0. The van der Waals surface area contributed by atoms with Gasteiger partial charge in [-0.3, -0.25) is 14.4 Å². The molecule has 1 aliphatic heterocycles. The Morgan fingerprint density at radius 2 is 1.55 bits per heavy atom. The lowest BCUT2D eigenvalue weighted by molar-refractivity contribution is -0.147. The maximum Gasteiger partial charge on any atom is 0.306 e. The van der Waals surface area contributed by atoms with Crippen LogP contribution >= 0.6 is 0 Å². The van der Waals surface area contributed by atoms with Crippen molar-refractivity contribution in [3.63, 3.8) is 0 Å². The normalized spacial score (nSPS) is 12.1. The van der Waals surface area contributed by atoms with E-state index >= 15 is 0 Å². The Hall–Kier alpha value is -4.12. The van der Waals surface area contributed by atoms with Gasteiger partial charge in [0.2, 0.25) is 5.78 Å². The fourth-order valence-electron chi connectivity index (χ4n) is 3.61. The van der Waals surface area contributed by atoms with Gasteiger partial charge in [0.05, 0.1) is 24.4 Å². The predicted octanol–water partition coefficient (Wildman–Crippen LogP) is 3.48. The zero-order valence-electron chi connectivity index (χ0n) is 18.8. The summed E-state index contributed by atoms with van der Waals surface area (Å²) in [4.78, 5) is 40.6. The standard InChI is InChI=1S/C25H25N3O5/c1-4-32-18-11-9-17(10-12-18)22(29)13-14-24(31)33-16-23(30)19(15-26)25-27(2)20-7-5-6-8-21(20)28(25)3/h5-12H,4,13-14,16H2,1-3H3. The van der Waals surface area contributed by atoms with Gasteiger partial charge in [-0.1, -0.05) is 12.1 Å². The number of anilines is 2. The van der Waals surface area contributed by atoms with Crippen molar-refractivity contribution in [2.24, 2.45) is 0 Å². The number of nitrogens with zero attached hydrogens (tertiary/aromatic N) is 3. The summed E-state index contributed by atoms with van der Waals surface area (Å²) < 4.78 is 10.4. The molecule has 8 heteroatoms. The van der Waals surface area contributed by atoms with Crippen molar-refractivity contribution < 1.29 is 23.9 Å². The summed E-state index contributed by atoms with van der Waals surface area (Å²) in [6, 6.07) is 16.1. The zero-order valence-corrected chi connectivity index (χ0v) is 18.8. The number of ketones is 2. The first-order valence-electron chi connectivity index (χ1n) is 10.5. The summed E-state index contributed by atoms with van der Waals surface area (Å²) in [5.41, 5.74) is 2.08. The summed E-state index contributed by atoms with van der Waals surface area (Å²) in [5, 5.41) is 9.62. The Morgan fingerprint density at radius 1 is 0.939 bits per heavy atom. The lowest BCUT2D eigenvalue weighted by atomic mass is 10.1. The molecule has 0 amide bonds. The SMILES string of the molecule is CCOc1ccc(C(=O)CCC(=O)OCC(=O)C(C#N)=C2N(C)c3ccccc3N2C)cc1. The first-order chi connectivity index (χ1) is 15.9. The lowest BCUT2D eigenvalue weighted by Crippen LogP contribution is -2.27. The van der Waals surface area contributed by atoms with Crippen molar-refractivity contribution in [2.45, 2.75) is 19.8 Å². The first-order valence-corrected chi connectivity index (χ1v) is 10.5. The van der Waals surface area contributed by atoms with Crippen LogP contribution in [0.25, 0.3) is 0 Å². The highest BCUT2D eigenvalue weighted by atomic mass is 16.5. The van der Waals surface area contributed by atoms with Gasteiger partial charge >= 0.3 is 5.97 Å². The maximum absolute atomic E-state index is 12.7. The number of esters is 1. The van der Waals surface area contributed by atoms with E-state index in [1.165, 1.54) is 0 Å². The Morgan fingerprint density at radius 3 is 2.09 bits per heavy atom. The summed E-state index contributed by atoms with van der Waals surface area (Å²) in [7, 11) is 3.53. The highest BCUT2D eigenvalue weighted by molar-refractivity contribution is 6.04. The van der Waals surface area contributed by atoms with Crippen LogP contribution in [0.5, 0.6) is 5.75 Å². The molecule has 0 saturated heterocycles. The fourth-order valence-corrected chi connectivity index (χ4v) is 3.61. The van der Waals surface area contributed by atoms with E-state index in [1.807, 2.05) is 37.3 Å². The number of fused-ring (bicyclic) bond motifs is 1. The average Bonchev–Trinajstić information content (AvgIpc) is 3.08. The molecule has 33 heavy (non-hydrogen) atoms. The second-order valence-electron chi connectivity index (χ2n) is 7.38. The molecule has 0 saturated carbocycles. The van der Waals surface area contributed by atoms with Gasteiger partial charge < -0.3 is 19.3 Å². The van der Waals surface area contributed by atoms with Crippen molar-refractivity contribution in [1.82, 2.24) is 0 Å². The smallest absolute Gasteiger partial charge is 0.306 e. The van der Waals surface area contributed by atoms with Crippen LogP contribution in [0.2, 0.25) is 0 Å². The Balaban J connectivity index is 1.56. The Kier molecular flexibility index (Phi) is 7.46. The van der Waals surface area contributed by atoms with Crippen LogP contribution in [0.4, 0.5) is 11.4 Å². The Bertz CT molecular complexity index is 1100. The molecule has 0 N–H and O–H groups in total. The monoisotopic (exact) mass is 447 g/mol. The molecular weight excluding hydrogens is 422 g/mol. The minimum absolute atomic E-state index is 0.0476. The molecule has 1 heterocycles. The quantitative estimate of drug-likeness (QED) is 0.249. The van der Waals surface area contributed by atoms with Crippen LogP contribution in [0.1, 0.15) is 30.1 Å². The van der Waals surface area contributed by atoms with Gasteiger partial charge in [0.15, 0.2) is 12.4 Å². The summed E-state index contributed by atoms with van der Waals surface area (Å²) in [6.07, 6.45) is -0.211. The number of hydrogen-bond acceptors (Lipinski definition) is 8. The molecular formula is C25H25N3O5. The van der Waals surface area contributed by atoms with E-state index in [0.29, 0.717) is 23.7 Å². The van der Waals surface area contributed by atoms with Gasteiger partial charge in [0.25, 0.3) is 0 Å². The van der Waals surface area contributed by atoms with Crippen molar-refractivity contribution in [3.8, 4) is 11.8 Å². The molecule has 0 atom stereocenters. The number of benzene rings is 2. The number of ether oxygens (including phenoxy) is 2. The van der Waals surface area contributed by atoms with Gasteiger partial charge in [0.1, 0.15) is 23.2 Å². The van der Waals surface area contributed by atoms with Gasteiger partial charge in [0, 0.05) is 26.1 Å². The molecule has 2 aromatic rings. The minimum atomic E-state index is -0.679. The van der Waals surface area contributed by atoms with E-state index in [-0.39, 0.29) is 24.2 Å². The number of carbonyl (C=O) groups is 3. The van der Waals surface area contributed by atoms with Crippen molar-refractivity contribution in [2.75, 3.05) is 37.1 Å². The van der Waals surface area contributed by atoms with Crippen molar-refractivity contribution in [1.29, 1.82) is 5.26 Å². The maximum atomic E-state index is 12.7. The van der Waals surface area contributed by atoms with Gasteiger partial charge in [-0.25, -0.2) is 0 Å². The number of carbonyl (C=O) groups excluding carboxylic acids is 3. The van der Waals surface area contributed by atoms with Gasteiger partial charge in [-0.05, 0) is 43.3 Å². The molecule has 0 aromatic heterocycles. The zero-order chi connectivity index (χ0) is 24.0. The minimum Gasteiger partial charge on any atom is -0.494 e. The topological polar surface area (TPSA) is 99.9 Å². The summed E-state index contributed by atoms with van der Waals surface area (Å²) >= 11 is 0. The van der Waals surface area contributed by atoms with E-state index in [1.54, 1.807) is 48.2 Å². The van der Waals surface area contributed by atoms with Crippen LogP contribution in [-0.2, 0) is 14.3 Å². The predicted molar refractivity (Wildman–Crippen MR) is 123 cm³/mol. The van der Waals surface area contributed by atoms with E-state index in [9.17, 15) is 19.6 Å². The molecule has 0 fully saturated rings. The van der Waals surface area contributed by atoms with Gasteiger partial charge in [-0.2, -0.15) is 5.26 Å². The second kappa shape index (κ2) is 10.5. The van der Waals surface area contributed by atoms with Gasteiger partial charge in [-0.15, -0.1) is 0 Å². The molecule has 0 unspecified atom stereocenters. The second-order valence-corrected chi connectivity index (χ2v) is 7.38. The van der Waals surface area contributed by atoms with Crippen LogP contribution in [0, 0.1) is 11.3 Å². The number of nitriles is 1. The molecule has 0 spiro atoms. The molecule has 0 aliphatic carbocycles. The van der Waals surface area contributed by atoms with E-state index in [4.69, 9.17) is 9.47 Å². The third kappa shape index (κ3) is 5.21. The average molecular weight is 447 g/mol. The summed E-state index contributed by atoms with van der Waals surface area (Å²) in [5.74, 6) is -0.416. The number of rotatable bonds is 9. The van der Waals surface area contributed by atoms with Crippen molar-refractivity contribution >= 4 is 28.9 Å². The fraction of sp³-hybridized carbons (Fsp3) is 0.280. The largest absolute Gasteiger partial charge is 0.494 e. The van der Waals surface area contributed by atoms with Crippen LogP contribution in [0.3, 0.4) is 0 Å². The van der Waals surface area contributed by atoms with Crippen LogP contribution in [0.15, 0.2) is 59.9 Å². The molecule has 0 radical (unpaired) electrons. The van der Waals surface area contributed by atoms with Crippen LogP contribution < -0.4 is 14.5 Å². The molecule has 1 aliphatic rings. The van der Waals surface area contributed by atoms with E-state index in [0.717, 1.165) is 11.4 Å². The molecule has 0 bridgehead atoms. The summed E-state index contributed by atoms with van der Waals surface area (Å²) in [6.45, 7) is 1.83. The van der Waals surface area contributed by atoms with E-state index < -0.39 is 18.4 Å².